The number of hydrogen-bond acceptors (Lipinski definition) is 4. The summed E-state index contributed by atoms with van der Waals surface area (Å²) < 4.78 is 6.15. The Morgan fingerprint density at radius 1 is 1.10 bits per heavy atom. The molecule has 0 aliphatic heterocycles. The highest BCUT2D eigenvalue weighted by Crippen LogP contribution is 2.28. The van der Waals surface area contributed by atoms with Crippen molar-refractivity contribution < 1.29 is 9.21 Å². The van der Waals surface area contributed by atoms with E-state index in [2.05, 4.69) is 0 Å². The van der Waals surface area contributed by atoms with Crippen molar-refractivity contribution >= 4 is 29.3 Å². The average Bonchev–Trinajstić information content (AvgIpc) is 2.70. The third-order valence-electron chi connectivity index (χ3n) is 4.98. The van der Waals surface area contributed by atoms with Gasteiger partial charge in [0.05, 0.1) is 10.9 Å². The van der Waals surface area contributed by atoms with Crippen molar-refractivity contribution in [3.8, 4) is 11.3 Å². The van der Waals surface area contributed by atoms with Gasteiger partial charge in [-0.2, -0.15) is 0 Å². The molecule has 0 saturated carbocycles. The van der Waals surface area contributed by atoms with E-state index in [-0.39, 0.29) is 29.2 Å². The molecule has 1 amide bonds. The van der Waals surface area contributed by atoms with Gasteiger partial charge in [0.25, 0.3) is 5.91 Å². The summed E-state index contributed by atoms with van der Waals surface area (Å²) in [7, 11) is 1.74. The van der Waals surface area contributed by atoms with Gasteiger partial charge < -0.3 is 15.1 Å². The number of carbonyl (C=O) groups excluding carboxylic acids is 1. The number of para-hydroxylation sites is 1. The number of halogens is 1. The number of fused-ring (bicyclic) bond motifs is 1. The van der Waals surface area contributed by atoms with Crippen molar-refractivity contribution in [2.75, 3.05) is 20.1 Å². The second-order valence-electron chi connectivity index (χ2n) is 7.96. The van der Waals surface area contributed by atoms with Crippen LogP contribution in [0.25, 0.3) is 22.3 Å². The molecule has 0 aliphatic rings. The summed E-state index contributed by atoms with van der Waals surface area (Å²) in [6.45, 7) is 6.73. The Kier molecular flexibility index (Phi) is 6.88. The maximum Gasteiger partial charge on any atom is 0.257 e. The lowest BCUT2D eigenvalue weighted by atomic mass is 9.93. The number of rotatable bonds is 5. The molecule has 0 fully saturated rings. The fraction of sp³-hybridized carbons (Fsp3) is 0.304. The lowest BCUT2D eigenvalue weighted by Crippen LogP contribution is -2.39. The van der Waals surface area contributed by atoms with Gasteiger partial charge in [-0.3, -0.25) is 9.59 Å². The van der Waals surface area contributed by atoms with Gasteiger partial charge in [0.15, 0.2) is 11.0 Å². The highest BCUT2D eigenvalue weighted by molar-refractivity contribution is 6.05. The summed E-state index contributed by atoms with van der Waals surface area (Å²) in [4.78, 5) is 27.7. The van der Waals surface area contributed by atoms with Gasteiger partial charge in [-0.05, 0) is 31.0 Å². The van der Waals surface area contributed by atoms with Gasteiger partial charge in [-0.25, -0.2) is 0 Å². The summed E-state index contributed by atoms with van der Waals surface area (Å²) in [5.74, 6) is 0.293. The third kappa shape index (κ3) is 4.52. The van der Waals surface area contributed by atoms with Crippen molar-refractivity contribution in [3.63, 3.8) is 0 Å². The number of hydrogen-bond donors (Lipinski definition) is 1. The molecule has 1 heterocycles. The van der Waals surface area contributed by atoms with Crippen molar-refractivity contribution in [1.29, 1.82) is 0 Å². The van der Waals surface area contributed by atoms with E-state index in [0.717, 1.165) is 5.56 Å². The molecule has 5 nitrogen and oxygen atoms in total. The minimum absolute atomic E-state index is 0. The molecule has 0 bridgehead atoms. The molecule has 0 saturated heterocycles. The van der Waals surface area contributed by atoms with E-state index < -0.39 is 0 Å². The van der Waals surface area contributed by atoms with E-state index in [0.29, 0.717) is 40.9 Å². The van der Waals surface area contributed by atoms with E-state index in [1.54, 1.807) is 37.1 Å². The monoisotopic (exact) mass is 414 g/mol. The number of nitrogens with zero attached hydrogens (tertiary/aromatic N) is 1. The van der Waals surface area contributed by atoms with Gasteiger partial charge in [0, 0.05) is 24.7 Å². The Hall–Kier alpha value is -2.63. The number of nitrogens with two attached hydrogens (primary N) is 1. The molecule has 3 rings (SSSR count). The normalized spacial score (nSPS) is 11.2. The zero-order valence-electron chi connectivity index (χ0n) is 17.2. The van der Waals surface area contributed by atoms with E-state index in [1.165, 1.54) is 0 Å². The Morgan fingerprint density at radius 3 is 2.38 bits per heavy atom. The van der Waals surface area contributed by atoms with Crippen molar-refractivity contribution in [1.82, 2.24) is 4.90 Å². The first kappa shape index (κ1) is 22.7. The second-order valence-corrected chi connectivity index (χ2v) is 7.96. The van der Waals surface area contributed by atoms with Crippen LogP contribution in [0.1, 0.15) is 29.8 Å². The van der Waals surface area contributed by atoms with E-state index in [4.69, 9.17) is 10.2 Å². The molecule has 29 heavy (non-hydrogen) atoms. The fourth-order valence-electron chi connectivity index (χ4n) is 3.33. The zero-order valence-corrected chi connectivity index (χ0v) is 18.0. The molecule has 2 N–H and O–H groups in total. The van der Waals surface area contributed by atoms with Crippen LogP contribution in [0.15, 0.2) is 57.7 Å². The topological polar surface area (TPSA) is 76.5 Å². The van der Waals surface area contributed by atoms with Crippen LogP contribution in [0.5, 0.6) is 0 Å². The summed E-state index contributed by atoms with van der Waals surface area (Å²) in [5.41, 5.74) is 7.50. The molecule has 1 aromatic heterocycles. The van der Waals surface area contributed by atoms with Gasteiger partial charge >= 0.3 is 0 Å². The highest BCUT2D eigenvalue weighted by atomic mass is 35.5. The Labute approximate surface area is 176 Å². The molecule has 3 aromatic rings. The number of carbonyl (C=O) groups is 1. The van der Waals surface area contributed by atoms with Crippen LogP contribution in [-0.2, 0) is 0 Å². The van der Waals surface area contributed by atoms with Gasteiger partial charge in [0.1, 0.15) is 5.76 Å². The molecule has 2 aromatic carbocycles. The van der Waals surface area contributed by atoms with Crippen LogP contribution in [0, 0.1) is 12.3 Å². The fourth-order valence-corrected chi connectivity index (χ4v) is 3.33. The predicted molar refractivity (Wildman–Crippen MR) is 120 cm³/mol. The lowest BCUT2D eigenvalue weighted by Gasteiger charge is -2.29. The van der Waals surface area contributed by atoms with E-state index in [9.17, 15) is 9.59 Å². The molecule has 0 atom stereocenters. The lowest BCUT2D eigenvalue weighted by molar-refractivity contribution is 0.0741. The Bertz CT molecular complexity index is 1070. The first-order chi connectivity index (χ1) is 13.2. The van der Waals surface area contributed by atoms with Crippen molar-refractivity contribution in [2.24, 2.45) is 11.1 Å². The van der Waals surface area contributed by atoms with Gasteiger partial charge in [-0.15, -0.1) is 12.4 Å². The number of benzene rings is 2. The van der Waals surface area contributed by atoms with Gasteiger partial charge in [0.2, 0.25) is 0 Å². The molecule has 0 aliphatic carbocycles. The molecule has 154 valence electrons. The highest BCUT2D eigenvalue weighted by Gasteiger charge is 2.25. The first-order valence-corrected chi connectivity index (χ1v) is 9.32. The largest absolute Gasteiger partial charge is 0.455 e. The van der Waals surface area contributed by atoms with Crippen LogP contribution >= 0.6 is 12.4 Å². The smallest absolute Gasteiger partial charge is 0.257 e. The second kappa shape index (κ2) is 8.80. The molecular formula is C23H27ClN2O3. The predicted octanol–water partition coefficient (Wildman–Crippen LogP) is 4.25. The minimum atomic E-state index is -0.207. The van der Waals surface area contributed by atoms with E-state index in [1.807, 2.05) is 44.2 Å². The molecule has 6 heteroatoms. The average molecular weight is 415 g/mol. The van der Waals surface area contributed by atoms with Crippen LogP contribution in [0.3, 0.4) is 0 Å². The summed E-state index contributed by atoms with van der Waals surface area (Å²) in [5, 5.41) is 0.412. The maximum atomic E-state index is 13.1. The van der Waals surface area contributed by atoms with Crippen LogP contribution in [0.2, 0.25) is 0 Å². The Morgan fingerprint density at radius 2 is 1.76 bits per heavy atom. The van der Waals surface area contributed by atoms with Crippen molar-refractivity contribution in [2.45, 2.75) is 20.8 Å². The summed E-state index contributed by atoms with van der Waals surface area (Å²) in [6.07, 6.45) is 0. The molecule has 0 spiro atoms. The van der Waals surface area contributed by atoms with Crippen LogP contribution < -0.4 is 11.2 Å². The molecular weight excluding hydrogens is 388 g/mol. The summed E-state index contributed by atoms with van der Waals surface area (Å²) in [6, 6.07) is 14.6. The molecule has 0 radical (unpaired) electrons. The minimum Gasteiger partial charge on any atom is -0.455 e. The van der Waals surface area contributed by atoms with Crippen LogP contribution in [0.4, 0.5) is 0 Å². The first-order valence-electron chi connectivity index (χ1n) is 9.32. The zero-order chi connectivity index (χ0) is 20.5. The van der Waals surface area contributed by atoms with E-state index >= 15 is 0 Å². The molecule has 0 unspecified atom stereocenters. The SMILES string of the molecule is Cc1c(-c2ccccc2)oc2c(C(=O)N(C)CC(C)(C)CN)cccc2c1=O.Cl. The van der Waals surface area contributed by atoms with Crippen molar-refractivity contribution in [3.05, 3.63) is 69.9 Å². The summed E-state index contributed by atoms with van der Waals surface area (Å²) >= 11 is 0. The Balaban J connectivity index is 0.00000300. The standard InChI is InChI=1S/C23H26N2O3.ClH/c1-15-19(26)17-11-8-12-18(22(27)25(4)14-23(2,3)13-24)21(17)28-20(15)16-9-6-5-7-10-16;/h5-12H,13-14,24H2,1-4H3;1H. The number of amides is 1. The third-order valence-corrected chi connectivity index (χ3v) is 4.98. The quantitative estimate of drug-likeness (QED) is 0.677. The maximum absolute atomic E-state index is 13.1. The van der Waals surface area contributed by atoms with Crippen LogP contribution in [-0.4, -0.2) is 30.9 Å². The van der Waals surface area contributed by atoms with Gasteiger partial charge in [-0.1, -0.05) is 50.2 Å².